The number of aryl methyl sites for hydroxylation is 2. The molecule has 1 atom stereocenters. The van der Waals surface area contributed by atoms with Gasteiger partial charge in [0.15, 0.2) is 0 Å². The Morgan fingerprint density at radius 3 is 2.53 bits per heavy atom. The molecule has 0 fully saturated rings. The van der Waals surface area contributed by atoms with E-state index in [1.807, 2.05) is 38.1 Å². The Bertz CT molecular complexity index is 1130. The molecule has 0 aliphatic rings. The molecule has 0 aliphatic carbocycles. The Kier molecular flexibility index (Phi) is 6.84. The van der Waals surface area contributed by atoms with Crippen molar-refractivity contribution >= 4 is 35.0 Å². The number of carbonyl (C=O) groups is 1. The fourth-order valence-electron chi connectivity index (χ4n) is 2.73. The first-order valence-corrected chi connectivity index (χ1v) is 10.5. The molecule has 0 saturated heterocycles. The maximum absolute atomic E-state index is 12.7. The minimum Gasteiger partial charge on any atom is -0.495 e. The normalized spacial score (nSPS) is 11.8. The molecule has 3 rings (SSSR count). The van der Waals surface area contributed by atoms with Crippen LogP contribution in [0.1, 0.15) is 18.1 Å². The zero-order valence-electron chi connectivity index (χ0n) is 17.1. The highest BCUT2D eigenvalue weighted by molar-refractivity contribution is 8.00. The fraction of sp³-hybridized carbons (Fsp3) is 0.227. The third kappa shape index (κ3) is 5.04. The largest absolute Gasteiger partial charge is 0.495 e. The van der Waals surface area contributed by atoms with E-state index in [0.29, 0.717) is 27.2 Å². The number of aromatic nitrogens is 2. The van der Waals surface area contributed by atoms with Crippen LogP contribution < -0.4 is 15.6 Å². The monoisotopic (exact) mass is 443 g/mol. The zero-order valence-corrected chi connectivity index (χ0v) is 18.7. The van der Waals surface area contributed by atoms with E-state index in [1.54, 1.807) is 25.1 Å². The van der Waals surface area contributed by atoms with E-state index in [4.69, 9.17) is 16.3 Å². The zero-order chi connectivity index (χ0) is 21.8. The number of thioether (sulfide) groups is 1. The van der Waals surface area contributed by atoms with Crippen LogP contribution in [0.15, 0.2) is 58.4 Å². The first-order valence-electron chi connectivity index (χ1n) is 9.27. The summed E-state index contributed by atoms with van der Waals surface area (Å²) in [5.74, 6) is 0.275. The summed E-state index contributed by atoms with van der Waals surface area (Å²) in [6.45, 7) is 5.61. The van der Waals surface area contributed by atoms with Crippen molar-refractivity contribution in [3.05, 3.63) is 75.0 Å². The summed E-state index contributed by atoms with van der Waals surface area (Å²) in [4.78, 5) is 25.0. The van der Waals surface area contributed by atoms with Gasteiger partial charge >= 0.3 is 0 Å². The molecular formula is C22H22ClN3O3S. The fourth-order valence-corrected chi connectivity index (χ4v) is 3.68. The van der Waals surface area contributed by atoms with Crippen LogP contribution in [-0.2, 0) is 4.79 Å². The Labute approximate surface area is 184 Å². The Balaban J connectivity index is 1.77. The molecule has 1 unspecified atom stereocenters. The molecule has 0 saturated carbocycles. The lowest BCUT2D eigenvalue weighted by atomic mass is 10.2. The topological polar surface area (TPSA) is 73.2 Å². The number of halogens is 1. The van der Waals surface area contributed by atoms with Crippen LogP contribution in [0.2, 0.25) is 5.02 Å². The van der Waals surface area contributed by atoms with E-state index in [9.17, 15) is 9.59 Å². The molecule has 0 bridgehead atoms. The number of nitrogens with zero attached hydrogens (tertiary/aromatic N) is 2. The van der Waals surface area contributed by atoms with Crippen molar-refractivity contribution in [2.75, 3.05) is 12.4 Å². The third-order valence-electron chi connectivity index (χ3n) is 4.46. The van der Waals surface area contributed by atoms with Gasteiger partial charge in [0.05, 0.1) is 23.7 Å². The van der Waals surface area contributed by atoms with Crippen LogP contribution in [0.25, 0.3) is 5.69 Å². The maximum atomic E-state index is 12.7. The third-order valence-corrected chi connectivity index (χ3v) is 5.89. The predicted octanol–water partition coefficient (Wildman–Crippen LogP) is 4.63. The van der Waals surface area contributed by atoms with Crippen LogP contribution in [0.4, 0.5) is 5.69 Å². The van der Waals surface area contributed by atoms with Gasteiger partial charge in [-0.1, -0.05) is 41.1 Å². The molecule has 6 nitrogen and oxygen atoms in total. The van der Waals surface area contributed by atoms with Crippen molar-refractivity contribution in [1.29, 1.82) is 0 Å². The van der Waals surface area contributed by atoms with E-state index in [2.05, 4.69) is 10.4 Å². The number of hydrogen-bond donors (Lipinski definition) is 1. The molecule has 30 heavy (non-hydrogen) atoms. The van der Waals surface area contributed by atoms with E-state index in [1.165, 1.54) is 29.6 Å². The first kappa shape index (κ1) is 21.9. The Morgan fingerprint density at radius 2 is 1.87 bits per heavy atom. The number of rotatable bonds is 6. The van der Waals surface area contributed by atoms with Gasteiger partial charge in [0.25, 0.3) is 5.56 Å². The molecular weight excluding hydrogens is 422 g/mol. The van der Waals surface area contributed by atoms with Crippen molar-refractivity contribution in [1.82, 2.24) is 9.78 Å². The van der Waals surface area contributed by atoms with Gasteiger partial charge in [-0.05, 0) is 50.6 Å². The number of ether oxygens (including phenoxy) is 1. The summed E-state index contributed by atoms with van der Waals surface area (Å²) >= 11 is 7.39. The van der Waals surface area contributed by atoms with Crippen LogP contribution >= 0.6 is 23.4 Å². The van der Waals surface area contributed by atoms with Gasteiger partial charge in [0.2, 0.25) is 5.91 Å². The summed E-state index contributed by atoms with van der Waals surface area (Å²) in [5.41, 5.74) is 2.91. The van der Waals surface area contributed by atoms with Gasteiger partial charge in [0.1, 0.15) is 10.8 Å². The second-order valence-electron chi connectivity index (χ2n) is 6.81. The van der Waals surface area contributed by atoms with Crippen molar-refractivity contribution < 1.29 is 9.53 Å². The van der Waals surface area contributed by atoms with E-state index < -0.39 is 5.25 Å². The minimum atomic E-state index is -0.456. The lowest BCUT2D eigenvalue weighted by Gasteiger charge is -2.15. The molecule has 2 aromatic carbocycles. The summed E-state index contributed by atoms with van der Waals surface area (Å²) < 4.78 is 6.64. The Morgan fingerprint density at radius 1 is 1.17 bits per heavy atom. The van der Waals surface area contributed by atoms with Crippen molar-refractivity contribution in [2.45, 2.75) is 31.0 Å². The van der Waals surface area contributed by atoms with Gasteiger partial charge < -0.3 is 10.1 Å². The van der Waals surface area contributed by atoms with Crippen molar-refractivity contribution in [3.8, 4) is 11.4 Å². The van der Waals surface area contributed by atoms with Gasteiger partial charge in [-0.15, -0.1) is 0 Å². The molecule has 1 N–H and O–H groups in total. The molecule has 8 heteroatoms. The molecule has 1 amide bonds. The summed E-state index contributed by atoms with van der Waals surface area (Å²) in [6, 6.07) is 14.0. The van der Waals surface area contributed by atoms with Crippen LogP contribution in [0.3, 0.4) is 0 Å². The smallest absolute Gasteiger partial charge is 0.271 e. The highest BCUT2D eigenvalue weighted by Crippen LogP contribution is 2.32. The highest BCUT2D eigenvalue weighted by Gasteiger charge is 2.18. The van der Waals surface area contributed by atoms with Crippen LogP contribution in [-0.4, -0.2) is 28.0 Å². The standard InChI is InChI=1S/C22H22ClN3O3S/c1-13-5-7-16(8-6-13)26-21(27)10-9-20(25-26)30-15(3)22(28)24-18-11-14(2)17(23)12-19(18)29-4/h5-12,15H,1-4H3,(H,24,28). The molecule has 0 radical (unpaired) electrons. The van der Waals surface area contributed by atoms with Crippen LogP contribution in [0.5, 0.6) is 5.75 Å². The molecule has 1 aromatic heterocycles. The molecule has 156 valence electrons. The molecule has 3 aromatic rings. The predicted molar refractivity (Wildman–Crippen MR) is 121 cm³/mol. The first-order chi connectivity index (χ1) is 14.3. The van der Waals surface area contributed by atoms with Gasteiger partial charge in [0, 0.05) is 17.2 Å². The molecule has 0 aliphatic heterocycles. The molecule has 0 spiro atoms. The number of hydrogen-bond acceptors (Lipinski definition) is 5. The number of methoxy groups -OCH3 is 1. The van der Waals surface area contributed by atoms with Gasteiger partial charge in [-0.25, -0.2) is 0 Å². The van der Waals surface area contributed by atoms with E-state index in [-0.39, 0.29) is 11.5 Å². The number of carbonyl (C=O) groups excluding carboxylic acids is 1. The second-order valence-corrected chi connectivity index (χ2v) is 8.58. The summed E-state index contributed by atoms with van der Waals surface area (Å²) in [6.07, 6.45) is 0. The minimum absolute atomic E-state index is 0.213. The number of anilines is 1. The average molecular weight is 444 g/mol. The number of amides is 1. The second kappa shape index (κ2) is 9.36. The van der Waals surface area contributed by atoms with Crippen LogP contribution in [0, 0.1) is 13.8 Å². The maximum Gasteiger partial charge on any atom is 0.271 e. The Hall–Kier alpha value is -2.77. The number of benzene rings is 2. The highest BCUT2D eigenvalue weighted by atomic mass is 35.5. The van der Waals surface area contributed by atoms with Gasteiger partial charge in [-0.3, -0.25) is 9.59 Å². The lowest BCUT2D eigenvalue weighted by Crippen LogP contribution is -2.24. The van der Waals surface area contributed by atoms with Crippen molar-refractivity contribution in [2.24, 2.45) is 0 Å². The summed E-state index contributed by atoms with van der Waals surface area (Å²) in [5, 5.41) is 7.95. The number of nitrogens with one attached hydrogen (secondary N) is 1. The quantitative estimate of drug-likeness (QED) is 0.562. The summed E-state index contributed by atoms with van der Waals surface area (Å²) in [7, 11) is 1.52. The van der Waals surface area contributed by atoms with E-state index in [0.717, 1.165) is 11.1 Å². The average Bonchev–Trinajstić information content (AvgIpc) is 2.72. The van der Waals surface area contributed by atoms with Crippen molar-refractivity contribution in [3.63, 3.8) is 0 Å². The SMILES string of the molecule is COc1cc(Cl)c(C)cc1NC(=O)C(C)Sc1ccc(=O)n(-c2ccc(C)cc2)n1. The molecule has 1 heterocycles. The van der Waals surface area contributed by atoms with E-state index >= 15 is 0 Å². The lowest BCUT2D eigenvalue weighted by molar-refractivity contribution is -0.115. The van der Waals surface area contributed by atoms with Gasteiger partial charge in [-0.2, -0.15) is 9.78 Å².